The van der Waals surface area contributed by atoms with Crippen molar-refractivity contribution >= 4 is 11.8 Å². The number of ketones is 1. The van der Waals surface area contributed by atoms with Gasteiger partial charge in [-0.25, -0.2) is 0 Å². The molecule has 4 nitrogen and oxygen atoms in total. The predicted molar refractivity (Wildman–Crippen MR) is 65.8 cm³/mol. The quantitative estimate of drug-likeness (QED) is 0.769. The lowest BCUT2D eigenvalue weighted by Crippen LogP contribution is -2.37. The topological polar surface area (TPSA) is 52.6 Å². The molecule has 0 N–H and O–H groups in total. The van der Waals surface area contributed by atoms with Gasteiger partial charge in [0.1, 0.15) is 5.75 Å². The average Bonchev–Trinajstić information content (AvgIpc) is 2.50. The fraction of sp³-hybridized carbons (Fsp3) is 0.429. The second-order valence-electron chi connectivity index (χ2n) is 4.58. The van der Waals surface area contributed by atoms with E-state index in [1.807, 2.05) is 13.0 Å². The summed E-state index contributed by atoms with van der Waals surface area (Å²) in [6.07, 6.45) is 0.404. The molecule has 0 aliphatic heterocycles. The van der Waals surface area contributed by atoms with E-state index >= 15 is 0 Å². The maximum atomic E-state index is 12.2. The predicted octanol–water partition coefficient (Wildman–Crippen LogP) is 2.15. The molecule has 1 aromatic rings. The fourth-order valence-electron chi connectivity index (χ4n) is 2.32. The molecule has 1 aliphatic carbocycles. The Balaban J connectivity index is 2.32. The zero-order valence-corrected chi connectivity index (χ0v) is 10.8. The highest BCUT2D eigenvalue weighted by Gasteiger charge is 2.44. The number of fused-ring (bicyclic) bond motifs is 1. The van der Waals surface area contributed by atoms with Crippen LogP contribution in [0.3, 0.4) is 0 Å². The molecule has 18 heavy (non-hydrogen) atoms. The second kappa shape index (κ2) is 4.44. The van der Waals surface area contributed by atoms with Crippen LogP contribution in [0.2, 0.25) is 0 Å². The summed E-state index contributed by atoms with van der Waals surface area (Å²) in [5.41, 5.74) is 0.413. The molecule has 0 heterocycles. The van der Waals surface area contributed by atoms with Gasteiger partial charge in [-0.3, -0.25) is 9.59 Å². The van der Waals surface area contributed by atoms with Crippen LogP contribution in [0.5, 0.6) is 5.75 Å². The number of hydrogen-bond donors (Lipinski definition) is 0. The van der Waals surface area contributed by atoms with E-state index in [0.717, 1.165) is 11.3 Å². The van der Waals surface area contributed by atoms with E-state index in [1.54, 1.807) is 19.1 Å². The van der Waals surface area contributed by atoms with Crippen molar-refractivity contribution in [1.82, 2.24) is 0 Å². The van der Waals surface area contributed by atoms with Crippen molar-refractivity contribution in [1.29, 1.82) is 0 Å². The standard InChI is InChI=1S/C14H16O4/c1-4-17-11-5-6-12-10(7-11)8-14(3,13(12)16)18-9(2)15/h5-7H,4,8H2,1-3H3. The van der Waals surface area contributed by atoms with Gasteiger partial charge in [0.05, 0.1) is 6.61 Å². The first-order valence-electron chi connectivity index (χ1n) is 5.96. The molecule has 4 heteroatoms. The summed E-state index contributed by atoms with van der Waals surface area (Å²) in [4.78, 5) is 23.3. The van der Waals surface area contributed by atoms with Crippen molar-refractivity contribution < 1.29 is 19.1 Å². The molecule has 0 spiro atoms. The van der Waals surface area contributed by atoms with Crippen LogP contribution in [0.1, 0.15) is 36.7 Å². The molecular weight excluding hydrogens is 232 g/mol. The van der Waals surface area contributed by atoms with E-state index in [-0.39, 0.29) is 5.78 Å². The number of rotatable bonds is 3. The Morgan fingerprint density at radius 2 is 2.17 bits per heavy atom. The first-order valence-corrected chi connectivity index (χ1v) is 5.96. The van der Waals surface area contributed by atoms with Crippen LogP contribution in [0, 0.1) is 0 Å². The molecule has 0 saturated heterocycles. The number of ether oxygens (including phenoxy) is 2. The molecule has 1 atom stereocenters. The number of Topliss-reactive ketones (excluding diaryl/α,β-unsaturated/α-hetero) is 1. The normalized spacial score (nSPS) is 21.6. The van der Waals surface area contributed by atoms with Gasteiger partial charge in [0.25, 0.3) is 0 Å². The Morgan fingerprint density at radius 3 is 2.78 bits per heavy atom. The molecule has 0 radical (unpaired) electrons. The molecule has 2 rings (SSSR count). The van der Waals surface area contributed by atoms with Crippen LogP contribution in [0.25, 0.3) is 0 Å². The molecule has 1 unspecified atom stereocenters. The third-order valence-corrected chi connectivity index (χ3v) is 3.01. The average molecular weight is 248 g/mol. The minimum atomic E-state index is -1.07. The monoisotopic (exact) mass is 248 g/mol. The maximum absolute atomic E-state index is 12.2. The van der Waals surface area contributed by atoms with Gasteiger partial charge < -0.3 is 9.47 Å². The third-order valence-electron chi connectivity index (χ3n) is 3.01. The molecule has 0 aromatic heterocycles. The molecule has 0 bridgehead atoms. The number of carbonyl (C=O) groups is 2. The summed E-state index contributed by atoms with van der Waals surface area (Å²) in [6, 6.07) is 5.34. The Labute approximate surface area is 106 Å². The van der Waals surface area contributed by atoms with Crippen molar-refractivity contribution in [2.24, 2.45) is 0 Å². The van der Waals surface area contributed by atoms with Gasteiger partial charge >= 0.3 is 5.97 Å². The largest absolute Gasteiger partial charge is 0.494 e. The lowest BCUT2D eigenvalue weighted by Gasteiger charge is -2.21. The molecular formula is C14H16O4. The molecule has 0 amide bonds. The first kappa shape index (κ1) is 12.6. The Kier molecular flexibility index (Phi) is 3.11. The van der Waals surface area contributed by atoms with Crippen molar-refractivity contribution in [2.75, 3.05) is 6.61 Å². The van der Waals surface area contributed by atoms with Crippen LogP contribution in [-0.2, 0) is 16.0 Å². The van der Waals surface area contributed by atoms with E-state index < -0.39 is 11.6 Å². The van der Waals surface area contributed by atoms with Gasteiger partial charge in [-0.15, -0.1) is 0 Å². The van der Waals surface area contributed by atoms with Gasteiger partial charge in [-0.2, -0.15) is 0 Å². The summed E-state index contributed by atoms with van der Waals surface area (Å²) in [6.45, 7) is 5.44. The highest BCUT2D eigenvalue weighted by molar-refractivity contribution is 6.07. The van der Waals surface area contributed by atoms with Crippen LogP contribution in [-0.4, -0.2) is 24.0 Å². The van der Waals surface area contributed by atoms with Gasteiger partial charge in [0, 0.05) is 18.9 Å². The van der Waals surface area contributed by atoms with Gasteiger partial charge in [0.15, 0.2) is 5.60 Å². The Hall–Kier alpha value is -1.84. The number of hydrogen-bond acceptors (Lipinski definition) is 4. The van der Waals surface area contributed by atoms with E-state index in [4.69, 9.17) is 9.47 Å². The van der Waals surface area contributed by atoms with Crippen molar-refractivity contribution in [3.63, 3.8) is 0 Å². The van der Waals surface area contributed by atoms with Crippen LogP contribution >= 0.6 is 0 Å². The number of esters is 1. The molecule has 1 aromatic carbocycles. The van der Waals surface area contributed by atoms with E-state index in [0.29, 0.717) is 18.6 Å². The van der Waals surface area contributed by atoms with E-state index in [1.165, 1.54) is 6.92 Å². The van der Waals surface area contributed by atoms with Crippen molar-refractivity contribution in [3.8, 4) is 5.75 Å². The van der Waals surface area contributed by atoms with Crippen molar-refractivity contribution in [2.45, 2.75) is 32.8 Å². The molecule has 1 aliphatic rings. The smallest absolute Gasteiger partial charge is 0.303 e. The maximum Gasteiger partial charge on any atom is 0.303 e. The number of benzene rings is 1. The first-order chi connectivity index (χ1) is 8.46. The molecule has 0 saturated carbocycles. The van der Waals surface area contributed by atoms with Gasteiger partial charge in [0.2, 0.25) is 5.78 Å². The van der Waals surface area contributed by atoms with Crippen molar-refractivity contribution in [3.05, 3.63) is 29.3 Å². The minimum absolute atomic E-state index is 0.143. The zero-order chi connectivity index (χ0) is 13.3. The number of carbonyl (C=O) groups excluding carboxylic acids is 2. The van der Waals surface area contributed by atoms with E-state index in [9.17, 15) is 9.59 Å². The van der Waals surface area contributed by atoms with E-state index in [2.05, 4.69) is 0 Å². The molecule has 96 valence electrons. The minimum Gasteiger partial charge on any atom is -0.494 e. The van der Waals surface area contributed by atoms with Crippen LogP contribution in [0.4, 0.5) is 0 Å². The lowest BCUT2D eigenvalue weighted by molar-refractivity contribution is -0.150. The Bertz CT molecular complexity index is 507. The third kappa shape index (κ3) is 2.10. The van der Waals surface area contributed by atoms with Gasteiger partial charge in [-0.1, -0.05) is 0 Å². The summed E-state index contributed by atoms with van der Waals surface area (Å²) in [7, 11) is 0. The summed E-state index contributed by atoms with van der Waals surface area (Å²) in [5, 5.41) is 0. The second-order valence-corrected chi connectivity index (χ2v) is 4.58. The molecule has 0 fully saturated rings. The summed E-state index contributed by atoms with van der Waals surface area (Å²) in [5.74, 6) is 0.149. The highest BCUT2D eigenvalue weighted by atomic mass is 16.6. The van der Waals surface area contributed by atoms with Gasteiger partial charge in [-0.05, 0) is 37.6 Å². The Morgan fingerprint density at radius 1 is 1.44 bits per heavy atom. The zero-order valence-electron chi connectivity index (χ0n) is 10.8. The lowest BCUT2D eigenvalue weighted by atomic mass is 10.0. The highest BCUT2D eigenvalue weighted by Crippen LogP contribution is 2.34. The summed E-state index contributed by atoms with van der Waals surface area (Å²) >= 11 is 0. The van der Waals surface area contributed by atoms with Crippen LogP contribution in [0.15, 0.2) is 18.2 Å². The summed E-state index contributed by atoms with van der Waals surface area (Å²) < 4.78 is 10.6. The van der Waals surface area contributed by atoms with Crippen LogP contribution < -0.4 is 4.74 Å². The SMILES string of the molecule is CCOc1ccc2c(c1)CC(C)(OC(C)=O)C2=O. The fourth-order valence-corrected chi connectivity index (χ4v) is 2.32.